The van der Waals surface area contributed by atoms with Crippen molar-refractivity contribution in [2.75, 3.05) is 20.1 Å². The van der Waals surface area contributed by atoms with E-state index >= 15 is 0 Å². The lowest BCUT2D eigenvalue weighted by Gasteiger charge is -2.32. The fraction of sp³-hybridized carbons (Fsp3) is 0.600. The number of likely N-dealkylation sites (N-methyl/N-ethyl adjacent to an activating group) is 1. The molecule has 0 aliphatic carbocycles. The van der Waals surface area contributed by atoms with Gasteiger partial charge in [-0.1, -0.05) is 40.5 Å². The second-order valence-electron chi connectivity index (χ2n) is 5.28. The highest BCUT2D eigenvalue weighted by atomic mass is 79.9. The zero-order valence-corrected chi connectivity index (χ0v) is 12.9. The molecular formula is C15H23BrN2. The van der Waals surface area contributed by atoms with Gasteiger partial charge in [0.05, 0.1) is 0 Å². The predicted octanol–water partition coefficient (Wildman–Crippen LogP) is 3.58. The van der Waals surface area contributed by atoms with Crippen molar-refractivity contribution in [1.29, 1.82) is 0 Å². The van der Waals surface area contributed by atoms with Crippen LogP contribution < -0.4 is 5.32 Å². The highest BCUT2D eigenvalue weighted by Gasteiger charge is 2.19. The van der Waals surface area contributed by atoms with Crippen LogP contribution in [0.4, 0.5) is 0 Å². The molecule has 1 aliphatic heterocycles. The van der Waals surface area contributed by atoms with E-state index in [4.69, 9.17) is 0 Å². The monoisotopic (exact) mass is 310 g/mol. The molecular weight excluding hydrogens is 288 g/mol. The molecule has 18 heavy (non-hydrogen) atoms. The van der Waals surface area contributed by atoms with Crippen molar-refractivity contribution in [1.82, 2.24) is 10.2 Å². The summed E-state index contributed by atoms with van der Waals surface area (Å²) in [5, 5.41) is 3.62. The molecule has 3 heteroatoms. The van der Waals surface area contributed by atoms with E-state index in [-0.39, 0.29) is 0 Å². The topological polar surface area (TPSA) is 15.3 Å². The van der Waals surface area contributed by atoms with E-state index in [0.29, 0.717) is 12.1 Å². The molecule has 2 atom stereocenters. The van der Waals surface area contributed by atoms with Crippen molar-refractivity contribution >= 4 is 15.9 Å². The van der Waals surface area contributed by atoms with E-state index < -0.39 is 0 Å². The molecule has 1 aromatic rings. The minimum atomic E-state index is 0.448. The molecule has 1 aromatic carbocycles. The Morgan fingerprint density at radius 2 is 2.17 bits per heavy atom. The van der Waals surface area contributed by atoms with Gasteiger partial charge in [-0.3, -0.25) is 4.90 Å². The highest BCUT2D eigenvalue weighted by Crippen LogP contribution is 2.26. The first-order valence-corrected chi connectivity index (χ1v) is 7.66. The molecule has 100 valence electrons. The number of hydrogen-bond acceptors (Lipinski definition) is 2. The largest absolute Gasteiger partial charge is 0.313 e. The number of nitrogens with zero attached hydrogens (tertiary/aromatic N) is 1. The van der Waals surface area contributed by atoms with Crippen LogP contribution in [0.25, 0.3) is 0 Å². The molecule has 0 aromatic heterocycles. The van der Waals surface area contributed by atoms with Gasteiger partial charge < -0.3 is 5.32 Å². The van der Waals surface area contributed by atoms with Gasteiger partial charge in [0, 0.05) is 23.1 Å². The molecule has 2 rings (SSSR count). The van der Waals surface area contributed by atoms with Gasteiger partial charge in [0.15, 0.2) is 0 Å². The van der Waals surface area contributed by atoms with Crippen LogP contribution in [0.5, 0.6) is 0 Å². The molecule has 2 nitrogen and oxygen atoms in total. The standard InChI is InChI=1S/C15H23BrN2/c1-12(14-8-3-4-9-15(14)16)18(2)11-13-7-5-6-10-17-13/h3-4,8-9,12-13,17H,5-7,10-11H2,1-2H3. The Kier molecular flexibility index (Phi) is 5.22. The third kappa shape index (κ3) is 3.56. The van der Waals surface area contributed by atoms with Crippen LogP contribution in [0.15, 0.2) is 28.7 Å². The summed E-state index contributed by atoms with van der Waals surface area (Å²) in [5.74, 6) is 0. The first kappa shape index (κ1) is 14.0. The summed E-state index contributed by atoms with van der Waals surface area (Å²) in [6, 6.07) is 9.63. The number of piperidine rings is 1. The third-order valence-electron chi connectivity index (χ3n) is 3.94. The van der Waals surface area contributed by atoms with Gasteiger partial charge in [0.2, 0.25) is 0 Å². The van der Waals surface area contributed by atoms with Crippen LogP contribution in [-0.2, 0) is 0 Å². The zero-order chi connectivity index (χ0) is 13.0. The van der Waals surface area contributed by atoms with Crippen LogP contribution in [0.2, 0.25) is 0 Å². The molecule has 0 saturated carbocycles. The Morgan fingerprint density at radius 1 is 1.39 bits per heavy atom. The summed E-state index contributed by atoms with van der Waals surface area (Å²) in [6.45, 7) is 4.59. The Morgan fingerprint density at radius 3 is 2.83 bits per heavy atom. The molecule has 1 fully saturated rings. The quantitative estimate of drug-likeness (QED) is 0.914. The van der Waals surface area contributed by atoms with E-state index in [9.17, 15) is 0 Å². The average molecular weight is 311 g/mol. The number of benzene rings is 1. The molecule has 0 radical (unpaired) electrons. The van der Waals surface area contributed by atoms with Gasteiger partial charge in [-0.25, -0.2) is 0 Å². The van der Waals surface area contributed by atoms with Crippen molar-refractivity contribution < 1.29 is 0 Å². The molecule has 0 amide bonds. The Labute approximate surface area is 119 Å². The Bertz CT molecular complexity index is 375. The maximum Gasteiger partial charge on any atom is 0.0328 e. The fourth-order valence-corrected chi connectivity index (χ4v) is 3.25. The van der Waals surface area contributed by atoms with E-state index in [1.165, 1.54) is 35.8 Å². The van der Waals surface area contributed by atoms with Crippen molar-refractivity contribution in [3.8, 4) is 0 Å². The van der Waals surface area contributed by atoms with Gasteiger partial charge in [0.25, 0.3) is 0 Å². The minimum Gasteiger partial charge on any atom is -0.313 e. The van der Waals surface area contributed by atoms with Gasteiger partial charge >= 0.3 is 0 Å². The summed E-state index contributed by atoms with van der Waals surface area (Å²) in [7, 11) is 2.22. The Hall–Kier alpha value is -0.380. The smallest absolute Gasteiger partial charge is 0.0328 e. The van der Waals surface area contributed by atoms with E-state index in [0.717, 1.165) is 6.54 Å². The van der Waals surface area contributed by atoms with Crippen molar-refractivity contribution in [2.24, 2.45) is 0 Å². The lowest BCUT2D eigenvalue weighted by Crippen LogP contribution is -2.43. The lowest BCUT2D eigenvalue weighted by atomic mass is 10.0. The summed E-state index contributed by atoms with van der Waals surface area (Å²) in [4.78, 5) is 2.45. The molecule has 1 aliphatic rings. The second-order valence-corrected chi connectivity index (χ2v) is 6.14. The van der Waals surface area contributed by atoms with Crippen LogP contribution in [0.1, 0.15) is 37.8 Å². The minimum absolute atomic E-state index is 0.448. The summed E-state index contributed by atoms with van der Waals surface area (Å²) in [5.41, 5.74) is 1.37. The maximum atomic E-state index is 3.65. The SMILES string of the molecule is CC(c1ccccc1Br)N(C)CC1CCCCN1. The third-order valence-corrected chi connectivity index (χ3v) is 4.66. The number of hydrogen-bond donors (Lipinski definition) is 1. The molecule has 1 saturated heterocycles. The number of rotatable bonds is 4. The second kappa shape index (κ2) is 6.69. The van der Waals surface area contributed by atoms with Gasteiger partial charge in [-0.2, -0.15) is 0 Å². The molecule has 1 heterocycles. The number of halogens is 1. The lowest BCUT2D eigenvalue weighted by molar-refractivity contribution is 0.214. The van der Waals surface area contributed by atoms with E-state index in [2.05, 4.69) is 64.4 Å². The van der Waals surface area contributed by atoms with Crippen molar-refractivity contribution in [2.45, 2.75) is 38.3 Å². The summed E-state index contributed by atoms with van der Waals surface area (Å²) in [6.07, 6.45) is 4.02. The highest BCUT2D eigenvalue weighted by molar-refractivity contribution is 9.10. The van der Waals surface area contributed by atoms with Gasteiger partial charge in [0.1, 0.15) is 0 Å². The van der Waals surface area contributed by atoms with Crippen LogP contribution in [0.3, 0.4) is 0 Å². The number of nitrogens with one attached hydrogen (secondary N) is 1. The summed E-state index contributed by atoms with van der Waals surface area (Å²) >= 11 is 3.65. The van der Waals surface area contributed by atoms with E-state index in [1.54, 1.807) is 0 Å². The average Bonchev–Trinajstić information content (AvgIpc) is 2.39. The van der Waals surface area contributed by atoms with Crippen LogP contribution in [0, 0.1) is 0 Å². The first-order valence-electron chi connectivity index (χ1n) is 6.86. The predicted molar refractivity (Wildman–Crippen MR) is 80.8 cm³/mol. The summed E-state index contributed by atoms with van der Waals surface area (Å²) < 4.78 is 1.21. The van der Waals surface area contributed by atoms with Gasteiger partial charge in [-0.15, -0.1) is 0 Å². The molecule has 0 spiro atoms. The maximum absolute atomic E-state index is 3.65. The first-order chi connectivity index (χ1) is 8.68. The fourth-order valence-electron chi connectivity index (χ4n) is 2.64. The van der Waals surface area contributed by atoms with Crippen molar-refractivity contribution in [3.05, 3.63) is 34.3 Å². The van der Waals surface area contributed by atoms with E-state index in [1.807, 2.05) is 0 Å². The van der Waals surface area contributed by atoms with Gasteiger partial charge in [-0.05, 0) is 45.0 Å². The van der Waals surface area contributed by atoms with Crippen molar-refractivity contribution in [3.63, 3.8) is 0 Å². The van der Waals surface area contributed by atoms with Crippen LogP contribution >= 0.6 is 15.9 Å². The molecule has 2 unspecified atom stereocenters. The molecule has 0 bridgehead atoms. The Balaban J connectivity index is 1.95. The normalized spacial score (nSPS) is 22.1. The molecule has 1 N–H and O–H groups in total. The zero-order valence-electron chi connectivity index (χ0n) is 11.3. The van der Waals surface area contributed by atoms with Crippen LogP contribution in [-0.4, -0.2) is 31.1 Å².